The average molecular weight is 130 g/mol. The molecule has 0 heterocycles. The minimum atomic E-state index is -0.713. The summed E-state index contributed by atoms with van der Waals surface area (Å²) in [5.74, 6) is 0. The monoisotopic (exact) mass is 130 g/mol. The second kappa shape index (κ2) is 5.80. The van der Waals surface area contributed by atoms with Crippen molar-refractivity contribution in [2.45, 2.75) is 39.3 Å². The maximum absolute atomic E-state index is 12.5. The van der Waals surface area contributed by atoms with Gasteiger partial charge in [-0.15, -0.1) is 0 Å². The van der Waals surface area contributed by atoms with Gasteiger partial charge in [-0.05, 0) is 12.8 Å². The number of hydrogen-bond donors (Lipinski definition) is 0. The van der Waals surface area contributed by atoms with E-state index in [2.05, 4.69) is 0 Å². The van der Waals surface area contributed by atoms with Crippen molar-refractivity contribution in [3.05, 3.63) is 12.2 Å². The first-order chi connectivity index (χ1) is 4.31. The van der Waals surface area contributed by atoms with Crippen molar-refractivity contribution in [1.82, 2.24) is 0 Å². The molecule has 0 aromatic carbocycles. The van der Waals surface area contributed by atoms with Gasteiger partial charge in [-0.3, -0.25) is 0 Å². The van der Waals surface area contributed by atoms with Crippen LogP contribution in [0.3, 0.4) is 0 Å². The summed E-state index contributed by atoms with van der Waals surface area (Å²) < 4.78 is 12.5. The smallest absolute Gasteiger partial charge is 0.118 e. The summed E-state index contributed by atoms with van der Waals surface area (Å²) in [6.45, 7) is 4.00. The van der Waals surface area contributed by atoms with E-state index in [1.807, 2.05) is 19.9 Å². The van der Waals surface area contributed by atoms with Crippen LogP contribution in [-0.4, -0.2) is 6.17 Å². The van der Waals surface area contributed by atoms with Crippen LogP contribution in [0.1, 0.15) is 33.1 Å². The molecule has 1 atom stereocenters. The Morgan fingerprint density at radius 2 is 2.11 bits per heavy atom. The molecule has 0 aliphatic rings. The lowest BCUT2D eigenvalue weighted by Gasteiger charge is -1.96. The molecule has 1 heteroatoms. The van der Waals surface area contributed by atoms with Crippen LogP contribution in [0.15, 0.2) is 12.2 Å². The van der Waals surface area contributed by atoms with Gasteiger partial charge in [0.1, 0.15) is 6.17 Å². The predicted octanol–water partition coefficient (Wildman–Crippen LogP) is 3.09. The second-order valence-electron chi connectivity index (χ2n) is 2.14. The summed E-state index contributed by atoms with van der Waals surface area (Å²) in [4.78, 5) is 0. The van der Waals surface area contributed by atoms with Gasteiger partial charge in [0.05, 0.1) is 0 Å². The number of alkyl halides is 1. The molecule has 0 bridgehead atoms. The molecule has 0 aliphatic carbocycles. The molecular weight excluding hydrogens is 115 g/mol. The third-order valence-electron chi connectivity index (χ3n) is 1.15. The summed E-state index contributed by atoms with van der Waals surface area (Å²) in [6, 6.07) is 0. The second-order valence-corrected chi connectivity index (χ2v) is 2.14. The molecule has 0 fully saturated rings. The molecule has 0 N–H and O–H groups in total. The van der Waals surface area contributed by atoms with E-state index in [1.165, 1.54) is 0 Å². The average Bonchev–Trinajstić information content (AvgIpc) is 1.85. The van der Waals surface area contributed by atoms with Crippen LogP contribution in [0, 0.1) is 0 Å². The van der Waals surface area contributed by atoms with Crippen LogP contribution in [0.4, 0.5) is 4.39 Å². The topological polar surface area (TPSA) is 0 Å². The molecule has 0 saturated heterocycles. The summed E-state index contributed by atoms with van der Waals surface area (Å²) in [6.07, 6.45) is 5.33. The van der Waals surface area contributed by atoms with Gasteiger partial charge in [0.25, 0.3) is 0 Å². The van der Waals surface area contributed by atoms with Crippen LogP contribution >= 0.6 is 0 Å². The van der Waals surface area contributed by atoms with E-state index in [0.717, 1.165) is 12.8 Å². The first-order valence-corrected chi connectivity index (χ1v) is 3.62. The van der Waals surface area contributed by atoms with Crippen LogP contribution in [0.2, 0.25) is 0 Å². The molecule has 0 saturated carbocycles. The third-order valence-corrected chi connectivity index (χ3v) is 1.15. The van der Waals surface area contributed by atoms with Gasteiger partial charge in [-0.1, -0.05) is 32.4 Å². The van der Waals surface area contributed by atoms with Gasteiger partial charge in [0.2, 0.25) is 0 Å². The normalized spacial score (nSPS) is 14.6. The van der Waals surface area contributed by atoms with Crippen molar-refractivity contribution in [3.63, 3.8) is 0 Å². The van der Waals surface area contributed by atoms with Gasteiger partial charge in [-0.2, -0.15) is 0 Å². The summed E-state index contributed by atoms with van der Waals surface area (Å²) in [5.41, 5.74) is 0. The summed E-state index contributed by atoms with van der Waals surface area (Å²) in [5, 5.41) is 0. The van der Waals surface area contributed by atoms with E-state index in [-0.39, 0.29) is 0 Å². The minimum absolute atomic E-state index is 0.663. The third kappa shape index (κ3) is 5.54. The molecule has 0 aromatic rings. The number of halogens is 1. The van der Waals surface area contributed by atoms with Crippen molar-refractivity contribution < 1.29 is 4.39 Å². The van der Waals surface area contributed by atoms with Crippen molar-refractivity contribution in [3.8, 4) is 0 Å². The molecule has 0 amide bonds. The Morgan fingerprint density at radius 1 is 1.44 bits per heavy atom. The van der Waals surface area contributed by atoms with Gasteiger partial charge in [-0.25, -0.2) is 4.39 Å². The molecule has 0 aromatic heterocycles. The lowest BCUT2D eigenvalue weighted by molar-refractivity contribution is 0.375. The van der Waals surface area contributed by atoms with Gasteiger partial charge in [0, 0.05) is 0 Å². The Bertz CT molecular complexity index is 76.6. The van der Waals surface area contributed by atoms with E-state index in [0.29, 0.717) is 6.42 Å². The molecule has 9 heavy (non-hydrogen) atoms. The molecule has 0 unspecified atom stereocenters. The van der Waals surface area contributed by atoms with E-state index in [4.69, 9.17) is 0 Å². The zero-order valence-electron chi connectivity index (χ0n) is 6.23. The van der Waals surface area contributed by atoms with Crippen molar-refractivity contribution >= 4 is 0 Å². The van der Waals surface area contributed by atoms with Crippen LogP contribution in [-0.2, 0) is 0 Å². The lowest BCUT2D eigenvalue weighted by atomic mass is 10.2. The Balaban J connectivity index is 3.25. The fourth-order valence-electron chi connectivity index (χ4n) is 0.656. The highest BCUT2D eigenvalue weighted by atomic mass is 19.1. The number of allylic oxidation sites excluding steroid dienone is 2. The van der Waals surface area contributed by atoms with E-state index >= 15 is 0 Å². The highest BCUT2D eigenvalue weighted by Crippen LogP contribution is 2.02. The lowest BCUT2D eigenvalue weighted by Crippen LogP contribution is -1.91. The maximum atomic E-state index is 12.5. The highest BCUT2D eigenvalue weighted by Gasteiger charge is 1.95. The summed E-state index contributed by atoms with van der Waals surface area (Å²) >= 11 is 0. The molecule has 0 nitrogen and oxygen atoms in total. The van der Waals surface area contributed by atoms with Crippen LogP contribution in [0.25, 0.3) is 0 Å². The quantitative estimate of drug-likeness (QED) is 0.513. The molecule has 0 aliphatic heterocycles. The Kier molecular flexibility index (Phi) is 5.59. The first-order valence-electron chi connectivity index (χ1n) is 3.62. The molecule has 54 valence electrons. The molecular formula is C8H15F. The van der Waals surface area contributed by atoms with Crippen molar-refractivity contribution in [1.29, 1.82) is 0 Å². The summed E-state index contributed by atoms with van der Waals surface area (Å²) in [7, 11) is 0. The van der Waals surface area contributed by atoms with Gasteiger partial charge < -0.3 is 0 Å². The number of hydrogen-bond acceptors (Lipinski definition) is 0. The Morgan fingerprint density at radius 3 is 2.56 bits per heavy atom. The van der Waals surface area contributed by atoms with Crippen molar-refractivity contribution in [2.75, 3.05) is 0 Å². The molecule has 0 radical (unpaired) electrons. The van der Waals surface area contributed by atoms with E-state index in [1.54, 1.807) is 6.08 Å². The largest absolute Gasteiger partial charge is 0.243 e. The van der Waals surface area contributed by atoms with E-state index in [9.17, 15) is 4.39 Å². The fourth-order valence-corrected chi connectivity index (χ4v) is 0.656. The molecule has 0 spiro atoms. The molecule has 0 rings (SSSR count). The fraction of sp³-hybridized carbons (Fsp3) is 0.750. The highest BCUT2D eigenvalue weighted by molar-refractivity contribution is 4.87. The van der Waals surface area contributed by atoms with Crippen LogP contribution in [0.5, 0.6) is 0 Å². The first kappa shape index (κ1) is 8.67. The minimum Gasteiger partial charge on any atom is -0.243 e. The zero-order valence-corrected chi connectivity index (χ0v) is 6.23. The van der Waals surface area contributed by atoms with Crippen molar-refractivity contribution in [2.24, 2.45) is 0 Å². The Labute approximate surface area is 56.8 Å². The SMILES string of the molecule is CC/C=C\[C@H](F)CCC. The van der Waals surface area contributed by atoms with Gasteiger partial charge >= 0.3 is 0 Å². The van der Waals surface area contributed by atoms with Gasteiger partial charge in [0.15, 0.2) is 0 Å². The Hall–Kier alpha value is -0.330. The van der Waals surface area contributed by atoms with E-state index < -0.39 is 6.17 Å². The zero-order chi connectivity index (χ0) is 7.11. The predicted molar refractivity (Wildman–Crippen MR) is 39.2 cm³/mol. The van der Waals surface area contributed by atoms with Crippen LogP contribution < -0.4 is 0 Å². The number of rotatable bonds is 4. The standard InChI is InChI=1S/C8H15F/c1-3-5-7-8(9)6-4-2/h5,7-8H,3-4,6H2,1-2H3/b7-5-/t8-/m1/s1. The maximum Gasteiger partial charge on any atom is 0.118 e.